The molecule has 2 unspecified atom stereocenters. The SMILES string of the molecule is c1ccc2c(c1)C1=C(c3ccccc3C13c1ccccc1-c1cc4ccccc4nc13)C21c2ccccc2-c2cccnc21. The first-order chi connectivity index (χ1) is 21.8. The molecule has 4 aliphatic rings. The maximum absolute atomic E-state index is 5.59. The summed E-state index contributed by atoms with van der Waals surface area (Å²) in [4.78, 5) is 10.8. The van der Waals surface area contributed by atoms with Gasteiger partial charge in [-0.2, -0.15) is 0 Å². The van der Waals surface area contributed by atoms with Gasteiger partial charge in [-0.3, -0.25) is 9.97 Å². The molecule has 0 bridgehead atoms. The van der Waals surface area contributed by atoms with Crippen molar-refractivity contribution >= 4 is 22.0 Å². The topological polar surface area (TPSA) is 25.8 Å². The van der Waals surface area contributed by atoms with Crippen molar-refractivity contribution in [1.82, 2.24) is 9.97 Å². The highest BCUT2D eigenvalue weighted by Crippen LogP contribution is 2.73. The highest BCUT2D eigenvalue weighted by atomic mass is 14.8. The number of allylic oxidation sites excluding steroid dienone is 2. The summed E-state index contributed by atoms with van der Waals surface area (Å²) in [6.45, 7) is 0. The Morgan fingerprint density at radius 1 is 0.386 bits per heavy atom. The van der Waals surface area contributed by atoms with Gasteiger partial charge in [-0.1, -0.05) is 121 Å². The van der Waals surface area contributed by atoms with Crippen molar-refractivity contribution in [3.63, 3.8) is 0 Å². The summed E-state index contributed by atoms with van der Waals surface area (Å²) in [5.41, 5.74) is 17.8. The molecule has 2 spiro atoms. The monoisotopic (exact) mass is 556 g/mol. The molecule has 0 saturated heterocycles. The molecule has 0 amide bonds. The first kappa shape index (κ1) is 22.9. The molecule has 0 radical (unpaired) electrons. The normalized spacial score (nSPS) is 20.8. The van der Waals surface area contributed by atoms with Crippen molar-refractivity contribution in [2.75, 3.05) is 0 Å². The van der Waals surface area contributed by atoms with Crippen LogP contribution in [0.1, 0.15) is 44.8 Å². The van der Waals surface area contributed by atoms with Gasteiger partial charge in [-0.05, 0) is 73.9 Å². The summed E-state index contributed by atoms with van der Waals surface area (Å²) in [5, 5.41) is 1.17. The van der Waals surface area contributed by atoms with Gasteiger partial charge in [-0.15, -0.1) is 0 Å². The van der Waals surface area contributed by atoms with E-state index in [0.29, 0.717) is 0 Å². The molecular weight excluding hydrogens is 532 g/mol. The second-order valence-electron chi connectivity index (χ2n) is 12.4. The van der Waals surface area contributed by atoms with Gasteiger partial charge >= 0.3 is 0 Å². The number of rotatable bonds is 0. The van der Waals surface area contributed by atoms with Gasteiger partial charge in [0.25, 0.3) is 0 Å². The number of para-hydroxylation sites is 1. The molecule has 2 aromatic heterocycles. The molecule has 2 nitrogen and oxygen atoms in total. The van der Waals surface area contributed by atoms with E-state index < -0.39 is 10.8 Å². The molecule has 2 heterocycles. The van der Waals surface area contributed by atoms with Crippen LogP contribution in [-0.4, -0.2) is 9.97 Å². The van der Waals surface area contributed by atoms with E-state index in [0.717, 1.165) is 16.9 Å². The number of nitrogens with zero attached hydrogens (tertiary/aromatic N) is 2. The second kappa shape index (κ2) is 7.67. The van der Waals surface area contributed by atoms with Crippen molar-refractivity contribution < 1.29 is 0 Å². The highest BCUT2D eigenvalue weighted by Gasteiger charge is 2.64. The molecule has 7 aromatic rings. The number of aromatic nitrogens is 2. The summed E-state index contributed by atoms with van der Waals surface area (Å²) in [6.07, 6.45) is 1.97. The van der Waals surface area contributed by atoms with E-state index in [2.05, 4.69) is 140 Å². The zero-order valence-electron chi connectivity index (χ0n) is 23.8. The molecule has 202 valence electrons. The summed E-state index contributed by atoms with van der Waals surface area (Å²) >= 11 is 0. The first-order valence-electron chi connectivity index (χ1n) is 15.3. The van der Waals surface area contributed by atoms with E-state index in [1.165, 1.54) is 72.2 Å². The van der Waals surface area contributed by atoms with E-state index >= 15 is 0 Å². The van der Waals surface area contributed by atoms with E-state index in [9.17, 15) is 0 Å². The van der Waals surface area contributed by atoms with Crippen molar-refractivity contribution in [2.24, 2.45) is 0 Å². The summed E-state index contributed by atoms with van der Waals surface area (Å²) < 4.78 is 0. The van der Waals surface area contributed by atoms with Crippen LogP contribution in [0.25, 0.3) is 44.3 Å². The fraction of sp³-hybridized carbons (Fsp3) is 0.0476. The average Bonchev–Trinajstić information content (AvgIpc) is 3.76. The fourth-order valence-electron chi connectivity index (χ4n) is 9.30. The largest absolute Gasteiger partial charge is 0.259 e. The van der Waals surface area contributed by atoms with Crippen molar-refractivity contribution in [1.29, 1.82) is 0 Å². The zero-order chi connectivity index (χ0) is 28.6. The van der Waals surface area contributed by atoms with Gasteiger partial charge < -0.3 is 0 Å². The lowest BCUT2D eigenvalue weighted by Crippen LogP contribution is -2.29. The Balaban J connectivity index is 1.40. The Hall–Kier alpha value is -5.60. The number of fused-ring (bicyclic) bond motifs is 19. The molecule has 44 heavy (non-hydrogen) atoms. The molecule has 0 N–H and O–H groups in total. The van der Waals surface area contributed by atoms with Crippen LogP contribution in [0.15, 0.2) is 146 Å². The lowest BCUT2D eigenvalue weighted by Gasteiger charge is -2.33. The molecule has 2 atom stereocenters. The van der Waals surface area contributed by atoms with Crippen LogP contribution in [0.5, 0.6) is 0 Å². The predicted molar refractivity (Wildman–Crippen MR) is 176 cm³/mol. The van der Waals surface area contributed by atoms with Gasteiger partial charge in [0.05, 0.1) is 27.7 Å². The number of hydrogen-bond donors (Lipinski definition) is 0. The third-order valence-corrected chi connectivity index (χ3v) is 10.7. The lowest BCUT2D eigenvalue weighted by atomic mass is 9.68. The molecule has 2 heteroatoms. The van der Waals surface area contributed by atoms with Gasteiger partial charge in [0.2, 0.25) is 0 Å². The van der Waals surface area contributed by atoms with Crippen LogP contribution < -0.4 is 0 Å². The molecule has 5 aromatic carbocycles. The highest BCUT2D eigenvalue weighted by molar-refractivity contribution is 6.19. The Kier molecular flexibility index (Phi) is 3.99. The Morgan fingerprint density at radius 2 is 0.864 bits per heavy atom. The minimum atomic E-state index is -0.548. The van der Waals surface area contributed by atoms with Crippen LogP contribution in [0.4, 0.5) is 0 Å². The second-order valence-corrected chi connectivity index (χ2v) is 12.4. The van der Waals surface area contributed by atoms with E-state index in [1.54, 1.807) is 0 Å². The number of benzene rings is 5. The fourth-order valence-corrected chi connectivity index (χ4v) is 9.30. The van der Waals surface area contributed by atoms with Gasteiger partial charge in [0.15, 0.2) is 0 Å². The number of pyridine rings is 2. The third-order valence-electron chi connectivity index (χ3n) is 10.7. The molecular formula is C42H24N2. The minimum Gasteiger partial charge on any atom is -0.259 e. The van der Waals surface area contributed by atoms with Crippen LogP contribution in [0.2, 0.25) is 0 Å². The van der Waals surface area contributed by atoms with Crippen LogP contribution >= 0.6 is 0 Å². The average molecular weight is 557 g/mol. The quantitative estimate of drug-likeness (QED) is 0.186. The van der Waals surface area contributed by atoms with Crippen molar-refractivity contribution in [3.8, 4) is 22.3 Å². The van der Waals surface area contributed by atoms with Gasteiger partial charge in [0.1, 0.15) is 0 Å². The van der Waals surface area contributed by atoms with E-state index in [-0.39, 0.29) is 0 Å². The maximum Gasteiger partial charge on any atom is 0.0901 e. The van der Waals surface area contributed by atoms with Crippen LogP contribution in [-0.2, 0) is 10.8 Å². The molecule has 4 aliphatic carbocycles. The molecule has 0 fully saturated rings. The molecule has 0 saturated carbocycles. The van der Waals surface area contributed by atoms with Crippen molar-refractivity contribution in [3.05, 3.63) is 190 Å². The van der Waals surface area contributed by atoms with Crippen molar-refractivity contribution in [2.45, 2.75) is 10.8 Å². The first-order valence-corrected chi connectivity index (χ1v) is 15.3. The Bertz CT molecular complexity index is 2420. The van der Waals surface area contributed by atoms with E-state index in [1.807, 2.05) is 6.20 Å². The van der Waals surface area contributed by atoms with E-state index in [4.69, 9.17) is 9.97 Å². The summed E-state index contributed by atoms with van der Waals surface area (Å²) in [6, 6.07) is 51.4. The van der Waals surface area contributed by atoms with Gasteiger partial charge in [-0.25, -0.2) is 0 Å². The standard InChI is InChI=1S/C42H24N2/c1-10-22-36-25(12-1)24-31-27-14-3-7-19-33(27)42(40(31)44-36)35-21-9-5-16-30(35)37-38(42)29-15-4-8-20-34(29)41(37)32-18-6-2-13-26(32)28-17-11-23-43-39(28)41/h1-24H. The molecule has 11 rings (SSSR count). The summed E-state index contributed by atoms with van der Waals surface area (Å²) in [5.74, 6) is 0. The lowest BCUT2D eigenvalue weighted by molar-refractivity contribution is 0.793. The zero-order valence-corrected chi connectivity index (χ0v) is 23.8. The van der Waals surface area contributed by atoms with Crippen LogP contribution in [0, 0.1) is 0 Å². The smallest absolute Gasteiger partial charge is 0.0901 e. The Morgan fingerprint density at radius 3 is 1.52 bits per heavy atom. The number of hydrogen-bond acceptors (Lipinski definition) is 2. The van der Waals surface area contributed by atoms with Crippen LogP contribution in [0.3, 0.4) is 0 Å². The minimum absolute atomic E-state index is 0.521. The maximum atomic E-state index is 5.59. The van der Waals surface area contributed by atoms with Gasteiger partial charge in [0, 0.05) is 22.7 Å². The Labute approximate surface area is 255 Å². The molecule has 0 aliphatic heterocycles. The predicted octanol–water partition coefficient (Wildman–Crippen LogP) is 9.20. The summed E-state index contributed by atoms with van der Waals surface area (Å²) in [7, 11) is 0. The third kappa shape index (κ3) is 2.31.